The van der Waals surface area contributed by atoms with Crippen molar-refractivity contribution in [2.75, 3.05) is 25.6 Å². The van der Waals surface area contributed by atoms with Crippen molar-refractivity contribution in [3.63, 3.8) is 0 Å². The van der Waals surface area contributed by atoms with Gasteiger partial charge < -0.3 is 14.2 Å². The molecule has 0 radical (unpaired) electrons. The number of nitrogens with zero attached hydrogens (tertiary/aromatic N) is 3. The third-order valence-corrected chi connectivity index (χ3v) is 5.62. The molecule has 0 aliphatic rings. The van der Waals surface area contributed by atoms with E-state index in [0.717, 1.165) is 33.6 Å². The first-order valence-corrected chi connectivity index (χ1v) is 10.5. The van der Waals surface area contributed by atoms with E-state index in [0.29, 0.717) is 13.2 Å². The van der Waals surface area contributed by atoms with E-state index in [-0.39, 0.29) is 0 Å². The van der Waals surface area contributed by atoms with E-state index >= 15 is 0 Å². The molecule has 0 fully saturated rings. The lowest BCUT2D eigenvalue weighted by Crippen LogP contribution is -2.10. The summed E-state index contributed by atoms with van der Waals surface area (Å²) >= 11 is 0. The van der Waals surface area contributed by atoms with E-state index in [2.05, 4.69) is 90.3 Å². The average Bonchev–Trinajstić information content (AvgIpc) is 3.18. The Labute approximate surface area is 182 Å². The van der Waals surface area contributed by atoms with Crippen LogP contribution in [0.25, 0.3) is 33.2 Å². The first kappa shape index (κ1) is 19.2. The van der Waals surface area contributed by atoms with Gasteiger partial charge in [0.1, 0.15) is 18.2 Å². The van der Waals surface area contributed by atoms with Crippen LogP contribution in [-0.4, -0.2) is 30.3 Å². The first-order valence-electron chi connectivity index (χ1n) is 10.5. The summed E-state index contributed by atoms with van der Waals surface area (Å²) in [6, 6.07) is 31.3. The number of hydrogen-bond donors (Lipinski definition) is 0. The maximum absolute atomic E-state index is 6.23. The van der Waals surface area contributed by atoms with Crippen molar-refractivity contribution in [2.24, 2.45) is 0 Å². The molecule has 0 spiro atoms. The summed E-state index contributed by atoms with van der Waals surface area (Å²) in [4.78, 5) is 7.03. The molecular formula is C27H25N3O. The van der Waals surface area contributed by atoms with Gasteiger partial charge in [0.2, 0.25) is 0 Å². The van der Waals surface area contributed by atoms with Crippen LogP contribution < -0.4 is 9.64 Å². The number of imidazole rings is 1. The Bertz CT molecular complexity index is 1330. The Hall–Kier alpha value is -3.79. The van der Waals surface area contributed by atoms with Crippen LogP contribution in [-0.2, 0) is 6.54 Å². The summed E-state index contributed by atoms with van der Waals surface area (Å²) in [6.07, 6.45) is 0. The van der Waals surface area contributed by atoms with Gasteiger partial charge in [0.15, 0.2) is 0 Å². The molecule has 154 valence electrons. The highest BCUT2D eigenvalue weighted by molar-refractivity contribution is 5.88. The van der Waals surface area contributed by atoms with Gasteiger partial charge in [-0.3, -0.25) is 0 Å². The summed E-state index contributed by atoms with van der Waals surface area (Å²) in [7, 11) is 4.10. The van der Waals surface area contributed by atoms with Crippen LogP contribution in [0.2, 0.25) is 0 Å². The molecule has 0 bridgehead atoms. The molecule has 4 nitrogen and oxygen atoms in total. The molecule has 0 atom stereocenters. The van der Waals surface area contributed by atoms with E-state index in [1.54, 1.807) is 0 Å². The van der Waals surface area contributed by atoms with Crippen molar-refractivity contribution in [3.8, 4) is 17.1 Å². The SMILES string of the molecule is CN(C)c1ccc(-c2nc3ccccc3n2CCOc2cccc3ccccc23)cc1. The van der Waals surface area contributed by atoms with Crippen LogP contribution in [0.4, 0.5) is 5.69 Å². The molecule has 1 aromatic heterocycles. The number of ether oxygens (including phenoxy) is 1. The Morgan fingerprint density at radius 3 is 2.39 bits per heavy atom. The quantitative estimate of drug-likeness (QED) is 0.346. The normalized spacial score (nSPS) is 11.2. The molecule has 4 heteroatoms. The molecule has 1 heterocycles. The van der Waals surface area contributed by atoms with Crippen molar-refractivity contribution in [2.45, 2.75) is 6.54 Å². The standard InChI is InChI=1S/C27H25N3O/c1-29(2)22-16-14-21(15-17-22)27-28-24-11-5-6-12-25(24)30(27)18-19-31-26-13-7-9-20-8-3-4-10-23(20)26/h3-17H,18-19H2,1-2H3. The molecule has 0 amide bonds. The second-order valence-electron chi connectivity index (χ2n) is 7.84. The van der Waals surface area contributed by atoms with Crippen LogP contribution >= 0.6 is 0 Å². The van der Waals surface area contributed by atoms with E-state index in [1.165, 1.54) is 11.1 Å². The number of hydrogen-bond acceptors (Lipinski definition) is 3. The van der Waals surface area contributed by atoms with Crippen LogP contribution in [0.1, 0.15) is 0 Å². The minimum Gasteiger partial charge on any atom is -0.491 e. The summed E-state index contributed by atoms with van der Waals surface area (Å²) in [5.74, 6) is 1.88. The van der Waals surface area contributed by atoms with Gasteiger partial charge in [-0.05, 0) is 47.9 Å². The predicted octanol–water partition coefficient (Wildman–Crippen LogP) is 6.00. The third-order valence-electron chi connectivity index (χ3n) is 5.62. The molecule has 0 aliphatic carbocycles. The fraction of sp³-hybridized carbons (Fsp3) is 0.148. The number of para-hydroxylation sites is 2. The number of anilines is 1. The van der Waals surface area contributed by atoms with Gasteiger partial charge in [-0.1, -0.05) is 48.5 Å². The second-order valence-corrected chi connectivity index (χ2v) is 7.84. The van der Waals surface area contributed by atoms with Gasteiger partial charge in [-0.15, -0.1) is 0 Å². The largest absolute Gasteiger partial charge is 0.491 e. The van der Waals surface area contributed by atoms with Crippen LogP contribution in [0.15, 0.2) is 91.0 Å². The maximum atomic E-state index is 6.23. The van der Waals surface area contributed by atoms with Gasteiger partial charge in [-0.25, -0.2) is 4.98 Å². The van der Waals surface area contributed by atoms with Crippen LogP contribution in [0.3, 0.4) is 0 Å². The molecule has 5 rings (SSSR count). The molecule has 0 unspecified atom stereocenters. The highest BCUT2D eigenvalue weighted by Crippen LogP contribution is 2.28. The second kappa shape index (κ2) is 8.15. The highest BCUT2D eigenvalue weighted by atomic mass is 16.5. The minimum absolute atomic E-state index is 0.567. The van der Waals surface area contributed by atoms with E-state index < -0.39 is 0 Å². The molecular weight excluding hydrogens is 382 g/mol. The number of fused-ring (bicyclic) bond motifs is 2. The van der Waals surface area contributed by atoms with E-state index in [9.17, 15) is 0 Å². The topological polar surface area (TPSA) is 30.3 Å². The predicted molar refractivity (Wildman–Crippen MR) is 129 cm³/mol. The van der Waals surface area contributed by atoms with Crippen molar-refractivity contribution in [3.05, 3.63) is 91.0 Å². The highest BCUT2D eigenvalue weighted by Gasteiger charge is 2.13. The number of benzene rings is 4. The molecule has 31 heavy (non-hydrogen) atoms. The average molecular weight is 408 g/mol. The monoisotopic (exact) mass is 407 g/mol. The van der Waals surface area contributed by atoms with Crippen molar-refractivity contribution < 1.29 is 4.74 Å². The van der Waals surface area contributed by atoms with Gasteiger partial charge >= 0.3 is 0 Å². The summed E-state index contributed by atoms with van der Waals surface area (Å²) < 4.78 is 8.48. The molecule has 5 aromatic rings. The lowest BCUT2D eigenvalue weighted by Gasteiger charge is -2.14. The maximum Gasteiger partial charge on any atom is 0.141 e. The Kier molecular flexibility index (Phi) is 5.04. The molecule has 0 aliphatic heterocycles. The first-order chi connectivity index (χ1) is 15.2. The van der Waals surface area contributed by atoms with Crippen LogP contribution in [0.5, 0.6) is 5.75 Å². The van der Waals surface area contributed by atoms with Gasteiger partial charge in [0, 0.05) is 30.7 Å². The van der Waals surface area contributed by atoms with Gasteiger partial charge in [0.25, 0.3) is 0 Å². The zero-order chi connectivity index (χ0) is 21.2. The van der Waals surface area contributed by atoms with Crippen molar-refractivity contribution >= 4 is 27.5 Å². The van der Waals surface area contributed by atoms with Crippen LogP contribution in [0, 0.1) is 0 Å². The summed E-state index contributed by atoms with van der Waals surface area (Å²) in [5, 5.41) is 2.33. The smallest absolute Gasteiger partial charge is 0.141 e. The van der Waals surface area contributed by atoms with Gasteiger partial charge in [0.05, 0.1) is 17.6 Å². The van der Waals surface area contributed by atoms with E-state index in [4.69, 9.17) is 9.72 Å². The van der Waals surface area contributed by atoms with E-state index in [1.807, 2.05) is 24.3 Å². The number of aromatic nitrogens is 2. The number of rotatable bonds is 6. The summed E-state index contributed by atoms with van der Waals surface area (Å²) in [5.41, 5.74) is 4.40. The van der Waals surface area contributed by atoms with Gasteiger partial charge in [-0.2, -0.15) is 0 Å². The zero-order valence-corrected chi connectivity index (χ0v) is 17.8. The lowest BCUT2D eigenvalue weighted by atomic mass is 10.1. The zero-order valence-electron chi connectivity index (χ0n) is 17.8. The third kappa shape index (κ3) is 3.73. The van der Waals surface area contributed by atoms with Crippen molar-refractivity contribution in [1.82, 2.24) is 9.55 Å². The Balaban J connectivity index is 1.45. The molecule has 0 saturated heterocycles. The fourth-order valence-corrected chi connectivity index (χ4v) is 4.00. The Morgan fingerprint density at radius 2 is 1.55 bits per heavy atom. The fourth-order valence-electron chi connectivity index (χ4n) is 4.00. The molecule has 0 N–H and O–H groups in total. The molecule has 4 aromatic carbocycles. The molecule has 0 saturated carbocycles. The minimum atomic E-state index is 0.567. The van der Waals surface area contributed by atoms with Crippen molar-refractivity contribution in [1.29, 1.82) is 0 Å². The Morgan fingerprint density at radius 1 is 0.806 bits per heavy atom. The lowest BCUT2D eigenvalue weighted by molar-refractivity contribution is 0.304. The summed E-state index contributed by atoms with van der Waals surface area (Å²) in [6.45, 7) is 1.28.